The number of aliphatic hydroxyl groups excluding tert-OH is 2. The average molecular weight is 963 g/mol. The highest BCUT2D eigenvalue weighted by Crippen LogP contribution is 2.17. The predicted octanol–water partition coefficient (Wildman–Crippen LogP) is 18.3. The van der Waals surface area contributed by atoms with Crippen LogP contribution in [0.2, 0.25) is 0 Å². The Hall–Kier alpha value is -2.96. The molecule has 69 heavy (non-hydrogen) atoms. The van der Waals surface area contributed by atoms with Gasteiger partial charge in [-0.25, -0.2) is 0 Å². The third kappa shape index (κ3) is 51.2. The van der Waals surface area contributed by atoms with E-state index >= 15 is 0 Å². The Balaban J connectivity index is 4.71. The Morgan fingerprint density at radius 1 is 0.449 bits per heavy atom. The molecular weight excluding hydrogens is 851 g/mol. The van der Waals surface area contributed by atoms with Gasteiger partial charge in [0.15, 0.2) is 0 Å². The van der Waals surface area contributed by atoms with Gasteiger partial charge in [0.1, 0.15) is 6.10 Å². The number of hydrogen-bond donors (Lipinski definition) is 3. The number of amides is 1. The van der Waals surface area contributed by atoms with Gasteiger partial charge in [-0.15, -0.1) is 0 Å². The number of allylic oxidation sites excluding steroid dienone is 13. The third-order valence-electron chi connectivity index (χ3n) is 13.0. The second-order valence-electron chi connectivity index (χ2n) is 19.7. The fourth-order valence-electron chi connectivity index (χ4n) is 8.54. The summed E-state index contributed by atoms with van der Waals surface area (Å²) in [7, 11) is 0. The van der Waals surface area contributed by atoms with E-state index in [0.717, 1.165) is 70.6 Å². The van der Waals surface area contributed by atoms with Gasteiger partial charge < -0.3 is 20.3 Å². The van der Waals surface area contributed by atoms with Crippen molar-refractivity contribution < 1.29 is 24.5 Å². The van der Waals surface area contributed by atoms with Gasteiger partial charge in [-0.1, -0.05) is 267 Å². The van der Waals surface area contributed by atoms with E-state index in [1.165, 1.54) is 161 Å². The topological polar surface area (TPSA) is 95.9 Å². The van der Waals surface area contributed by atoms with Crippen LogP contribution in [0.4, 0.5) is 0 Å². The summed E-state index contributed by atoms with van der Waals surface area (Å²) in [6, 6.07) is -0.748. The van der Waals surface area contributed by atoms with Crippen molar-refractivity contribution in [3.63, 3.8) is 0 Å². The number of aliphatic hydroxyl groups is 2. The lowest BCUT2D eigenvalue weighted by Gasteiger charge is -2.23. The minimum absolute atomic E-state index is 0.0512. The molecule has 0 saturated carbocycles. The van der Waals surface area contributed by atoms with Gasteiger partial charge in [0.25, 0.3) is 0 Å². The second kappa shape index (κ2) is 56.0. The summed E-state index contributed by atoms with van der Waals surface area (Å²) in [6.45, 7) is 6.35. The van der Waals surface area contributed by atoms with Crippen LogP contribution in [0.25, 0.3) is 0 Å². The van der Waals surface area contributed by atoms with Gasteiger partial charge >= 0.3 is 5.97 Å². The lowest BCUT2D eigenvalue weighted by Crippen LogP contribution is -2.46. The summed E-state index contributed by atoms with van der Waals surface area (Å²) < 4.78 is 5.85. The molecule has 0 spiro atoms. The number of carbonyl (C=O) groups is 2. The van der Waals surface area contributed by atoms with Crippen LogP contribution >= 0.6 is 0 Å². The molecule has 0 aliphatic carbocycles. The Bertz CT molecular complexity index is 1310. The molecule has 0 rings (SSSR count). The van der Waals surface area contributed by atoms with Crippen molar-refractivity contribution in [1.29, 1.82) is 0 Å². The summed E-state index contributed by atoms with van der Waals surface area (Å²) in [4.78, 5) is 26.2. The van der Waals surface area contributed by atoms with Gasteiger partial charge in [0.2, 0.25) is 5.91 Å². The fourth-order valence-corrected chi connectivity index (χ4v) is 8.54. The lowest BCUT2D eigenvalue weighted by atomic mass is 10.0. The van der Waals surface area contributed by atoms with E-state index in [9.17, 15) is 19.8 Å². The standard InChI is InChI=1S/C63H111NO5/c1-4-7-10-13-16-19-22-25-28-31-33-36-39-42-45-48-51-54-59(69-63(68)56-53-50-47-44-41-38-35-32-29-26-23-20-17-14-11-8-5-2)57-62(67)64-60(58-65)61(66)55-52-49-46-43-40-37-34-30-27-24-21-18-15-12-9-6-3/h7,10,16,19,25-26,28-29,33,36,42,45,51,54,59-61,65-66H,4-6,8-9,11-15,17-18,20-24,27,30-32,34-35,37-41,43-44,46-50,52-53,55-58H2,1-3H3,(H,64,67)/b10-7-,19-16-,28-25-,29-26+,36-33-,45-42-,54-51-. The molecule has 0 aromatic carbocycles. The molecule has 1 amide bonds. The van der Waals surface area contributed by atoms with E-state index in [2.05, 4.69) is 99.0 Å². The molecule has 0 radical (unpaired) electrons. The summed E-state index contributed by atoms with van der Waals surface area (Å²) >= 11 is 0. The number of ether oxygens (including phenoxy) is 1. The molecule has 0 saturated heterocycles. The SMILES string of the molecule is CC/C=C\C/C=C\C/C=C\C/C=C\C/C=C\C/C=C\C(CC(=O)NC(CO)C(O)CCCCCCCCCCCCCCCCCC)OC(=O)CCCCCCCCC/C=C/CCCCCCCC. The van der Waals surface area contributed by atoms with Crippen LogP contribution in [0.15, 0.2) is 85.1 Å². The minimum atomic E-state index is -0.825. The normalized spacial score (nSPS) is 13.8. The first-order valence-corrected chi connectivity index (χ1v) is 29.3. The largest absolute Gasteiger partial charge is 0.458 e. The van der Waals surface area contributed by atoms with Crippen molar-refractivity contribution in [2.45, 2.75) is 296 Å². The zero-order valence-corrected chi connectivity index (χ0v) is 45.4. The minimum Gasteiger partial charge on any atom is -0.458 e. The van der Waals surface area contributed by atoms with E-state index in [0.29, 0.717) is 19.3 Å². The highest BCUT2D eigenvalue weighted by molar-refractivity contribution is 5.78. The van der Waals surface area contributed by atoms with Crippen LogP contribution in [0.1, 0.15) is 278 Å². The Morgan fingerprint density at radius 3 is 1.22 bits per heavy atom. The van der Waals surface area contributed by atoms with Crippen molar-refractivity contribution in [3.05, 3.63) is 85.1 Å². The molecule has 0 aliphatic heterocycles. The highest BCUT2D eigenvalue weighted by atomic mass is 16.5. The van der Waals surface area contributed by atoms with Crippen LogP contribution in [-0.4, -0.2) is 46.9 Å². The van der Waals surface area contributed by atoms with E-state index in [1.807, 2.05) is 12.2 Å². The Labute approximate surface area is 427 Å². The summed E-state index contributed by atoms with van der Waals surface area (Å²) in [6.07, 6.45) is 73.9. The second-order valence-corrected chi connectivity index (χ2v) is 19.7. The first-order chi connectivity index (χ1) is 34.0. The number of esters is 1. The molecule has 3 unspecified atom stereocenters. The van der Waals surface area contributed by atoms with Crippen molar-refractivity contribution in [2.75, 3.05) is 6.61 Å². The zero-order chi connectivity index (χ0) is 50.2. The maximum atomic E-state index is 13.2. The fraction of sp³-hybridized carbons (Fsp3) is 0.746. The van der Waals surface area contributed by atoms with Crippen molar-refractivity contribution in [3.8, 4) is 0 Å². The van der Waals surface area contributed by atoms with Crippen LogP contribution in [0.3, 0.4) is 0 Å². The Kier molecular flexibility index (Phi) is 53.6. The molecule has 0 heterocycles. The van der Waals surface area contributed by atoms with Crippen LogP contribution in [0, 0.1) is 0 Å². The first kappa shape index (κ1) is 66.0. The summed E-state index contributed by atoms with van der Waals surface area (Å²) in [5, 5.41) is 23.8. The van der Waals surface area contributed by atoms with E-state index in [-0.39, 0.29) is 24.9 Å². The Morgan fingerprint density at radius 2 is 0.812 bits per heavy atom. The van der Waals surface area contributed by atoms with Crippen molar-refractivity contribution in [2.24, 2.45) is 0 Å². The quantitative estimate of drug-likeness (QED) is 0.0321. The number of hydrogen-bond acceptors (Lipinski definition) is 5. The van der Waals surface area contributed by atoms with Gasteiger partial charge in [-0.05, 0) is 83.1 Å². The van der Waals surface area contributed by atoms with Crippen molar-refractivity contribution >= 4 is 11.9 Å². The van der Waals surface area contributed by atoms with E-state index < -0.39 is 18.2 Å². The highest BCUT2D eigenvalue weighted by Gasteiger charge is 2.23. The molecule has 3 N–H and O–H groups in total. The number of carbonyl (C=O) groups excluding carboxylic acids is 2. The molecule has 398 valence electrons. The smallest absolute Gasteiger partial charge is 0.306 e. The molecule has 6 heteroatoms. The van der Waals surface area contributed by atoms with Gasteiger partial charge in [0.05, 0.1) is 25.2 Å². The van der Waals surface area contributed by atoms with Crippen LogP contribution in [-0.2, 0) is 14.3 Å². The average Bonchev–Trinajstić information content (AvgIpc) is 3.34. The first-order valence-electron chi connectivity index (χ1n) is 29.3. The van der Waals surface area contributed by atoms with E-state index in [1.54, 1.807) is 0 Å². The molecule has 6 nitrogen and oxygen atoms in total. The van der Waals surface area contributed by atoms with Crippen LogP contribution in [0.5, 0.6) is 0 Å². The third-order valence-corrected chi connectivity index (χ3v) is 13.0. The maximum absolute atomic E-state index is 13.2. The monoisotopic (exact) mass is 962 g/mol. The van der Waals surface area contributed by atoms with Crippen molar-refractivity contribution in [1.82, 2.24) is 5.32 Å². The molecule has 0 fully saturated rings. The maximum Gasteiger partial charge on any atom is 0.306 e. The molecule has 0 aromatic heterocycles. The number of unbranched alkanes of at least 4 members (excludes halogenated alkanes) is 28. The molecule has 0 aromatic rings. The summed E-state index contributed by atoms with van der Waals surface area (Å²) in [5.41, 5.74) is 0. The molecule has 0 aliphatic rings. The van der Waals surface area contributed by atoms with Gasteiger partial charge in [-0.3, -0.25) is 9.59 Å². The lowest BCUT2D eigenvalue weighted by molar-refractivity contribution is -0.148. The van der Waals surface area contributed by atoms with Crippen LogP contribution < -0.4 is 5.32 Å². The molecule has 3 atom stereocenters. The van der Waals surface area contributed by atoms with Gasteiger partial charge in [-0.2, -0.15) is 0 Å². The predicted molar refractivity (Wildman–Crippen MR) is 301 cm³/mol. The molecular formula is C63H111NO5. The zero-order valence-electron chi connectivity index (χ0n) is 45.4. The van der Waals surface area contributed by atoms with Gasteiger partial charge in [0, 0.05) is 6.42 Å². The summed E-state index contributed by atoms with van der Waals surface area (Å²) in [5.74, 6) is -0.631. The number of rotatable bonds is 52. The number of nitrogens with one attached hydrogen (secondary N) is 1. The van der Waals surface area contributed by atoms with E-state index in [4.69, 9.17) is 4.74 Å². The molecule has 0 bridgehead atoms.